The van der Waals surface area contributed by atoms with E-state index < -0.39 is 0 Å². The molecular weight excluding hydrogens is 282 g/mol. The van der Waals surface area contributed by atoms with E-state index in [0.717, 1.165) is 32.4 Å². The lowest BCUT2D eigenvalue weighted by molar-refractivity contribution is -0.383. The van der Waals surface area contributed by atoms with Crippen LogP contribution in [0.15, 0.2) is 6.33 Å². The third-order valence-corrected chi connectivity index (χ3v) is 3.91. The van der Waals surface area contributed by atoms with Crippen molar-refractivity contribution in [3.05, 3.63) is 16.4 Å². The van der Waals surface area contributed by atoms with Crippen molar-refractivity contribution in [1.82, 2.24) is 9.97 Å². The van der Waals surface area contributed by atoms with E-state index in [2.05, 4.69) is 29.1 Å². The molecule has 0 aromatic carbocycles. The molecule has 0 bridgehead atoms. The predicted molar refractivity (Wildman–Crippen MR) is 87.3 cm³/mol. The van der Waals surface area contributed by atoms with Crippen LogP contribution in [0.2, 0.25) is 0 Å². The Kier molecular flexibility index (Phi) is 5.91. The summed E-state index contributed by atoms with van der Waals surface area (Å²) in [6.07, 6.45) is 6.82. The maximum Gasteiger partial charge on any atom is 0.353 e. The molecule has 1 aliphatic heterocycles. The van der Waals surface area contributed by atoms with E-state index in [-0.39, 0.29) is 10.6 Å². The third-order valence-electron chi connectivity index (χ3n) is 3.91. The van der Waals surface area contributed by atoms with E-state index in [1.807, 2.05) is 4.90 Å². The number of anilines is 2. The fourth-order valence-electron chi connectivity index (χ4n) is 2.66. The summed E-state index contributed by atoms with van der Waals surface area (Å²) in [6, 6.07) is 0. The molecule has 1 saturated heterocycles. The van der Waals surface area contributed by atoms with Crippen LogP contribution in [0.5, 0.6) is 0 Å². The van der Waals surface area contributed by atoms with Crippen LogP contribution in [0.25, 0.3) is 0 Å². The Labute approximate surface area is 131 Å². The monoisotopic (exact) mass is 307 g/mol. The molecule has 0 aliphatic carbocycles. The second kappa shape index (κ2) is 7.91. The SMILES string of the molecule is CC(C)CCNc1ncnc(N2CCCCCC2)c1[N+](=O)[O-]. The van der Waals surface area contributed by atoms with Crippen LogP contribution in [0.1, 0.15) is 46.0 Å². The molecule has 22 heavy (non-hydrogen) atoms. The molecule has 122 valence electrons. The molecule has 1 aromatic rings. The van der Waals surface area contributed by atoms with Gasteiger partial charge in [-0.25, -0.2) is 9.97 Å². The molecule has 0 amide bonds. The third kappa shape index (κ3) is 4.29. The summed E-state index contributed by atoms with van der Waals surface area (Å²) in [5.41, 5.74) is 0.00755. The summed E-state index contributed by atoms with van der Waals surface area (Å²) in [6.45, 7) is 6.57. The topological polar surface area (TPSA) is 84.2 Å². The first-order valence-corrected chi connectivity index (χ1v) is 8.07. The van der Waals surface area contributed by atoms with Crippen molar-refractivity contribution < 1.29 is 4.92 Å². The van der Waals surface area contributed by atoms with Gasteiger partial charge in [0.15, 0.2) is 0 Å². The Bertz CT molecular complexity index is 499. The van der Waals surface area contributed by atoms with Gasteiger partial charge in [0.25, 0.3) is 0 Å². The highest BCUT2D eigenvalue weighted by Gasteiger charge is 2.27. The molecule has 1 aromatic heterocycles. The van der Waals surface area contributed by atoms with Crippen molar-refractivity contribution in [2.24, 2.45) is 5.92 Å². The van der Waals surface area contributed by atoms with Crippen LogP contribution in [-0.2, 0) is 0 Å². The van der Waals surface area contributed by atoms with E-state index in [4.69, 9.17) is 0 Å². The Morgan fingerprint density at radius 2 is 1.95 bits per heavy atom. The Morgan fingerprint density at radius 1 is 1.27 bits per heavy atom. The van der Waals surface area contributed by atoms with Gasteiger partial charge >= 0.3 is 5.69 Å². The van der Waals surface area contributed by atoms with Crippen LogP contribution in [-0.4, -0.2) is 34.5 Å². The molecule has 0 atom stereocenters. The fraction of sp³-hybridized carbons (Fsp3) is 0.733. The van der Waals surface area contributed by atoms with Crippen molar-refractivity contribution in [2.45, 2.75) is 46.0 Å². The summed E-state index contributed by atoms with van der Waals surface area (Å²) in [5.74, 6) is 1.33. The van der Waals surface area contributed by atoms with Gasteiger partial charge in [-0.1, -0.05) is 26.7 Å². The number of rotatable bonds is 6. The van der Waals surface area contributed by atoms with Gasteiger partial charge in [-0.15, -0.1) is 0 Å². The number of hydrogen-bond acceptors (Lipinski definition) is 6. The van der Waals surface area contributed by atoms with Crippen LogP contribution in [0.4, 0.5) is 17.3 Å². The smallest absolute Gasteiger partial charge is 0.353 e. The summed E-state index contributed by atoms with van der Waals surface area (Å²) in [7, 11) is 0. The molecule has 2 heterocycles. The average Bonchev–Trinajstić information content (AvgIpc) is 2.75. The Hall–Kier alpha value is -1.92. The maximum atomic E-state index is 11.5. The summed E-state index contributed by atoms with van der Waals surface area (Å²) in [4.78, 5) is 21.5. The van der Waals surface area contributed by atoms with Crippen molar-refractivity contribution in [3.8, 4) is 0 Å². The Morgan fingerprint density at radius 3 is 2.55 bits per heavy atom. The van der Waals surface area contributed by atoms with E-state index in [9.17, 15) is 10.1 Å². The molecule has 0 unspecified atom stereocenters. The second-order valence-corrected chi connectivity index (χ2v) is 6.16. The molecule has 0 saturated carbocycles. The molecule has 1 fully saturated rings. The number of aromatic nitrogens is 2. The zero-order chi connectivity index (χ0) is 15.9. The first-order valence-electron chi connectivity index (χ1n) is 8.07. The van der Waals surface area contributed by atoms with Gasteiger partial charge in [-0.2, -0.15) is 0 Å². The van der Waals surface area contributed by atoms with Gasteiger partial charge in [0, 0.05) is 19.6 Å². The first-order chi connectivity index (χ1) is 10.6. The largest absolute Gasteiger partial charge is 0.364 e. The molecule has 0 radical (unpaired) electrons. The molecule has 7 heteroatoms. The van der Waals surface area contributed by atoms with Crippen molar-refractivity contribution in [3.63, 3.8) is 0 Å². The van der Waals surface area contributed by atoms with Crippen LogP contribution in [0, 0.1) is 16.0 Å². The summed E-state index contributed by atoms with van der Waals surface area (Å²) in [5, 5.41) is 14.6. The van der Waals surface area contributed by atoms with Crippen molar-refractivity contribution in [1.29, 1.82) is 0 Å². The molecular formula is C15H25N5O2. The fourth-order valence-corrected chi connectivity index (χ4v) is 2.66. The minimum atomic E-state index is -0.363. The molecule has 0 spiro atoms. The van der Waals surface area contributed by atoms with Crippen LogP contribution in [0.3, 0.4) is 0 Å². The van der Waals surface area contributed by atoms with Crippen LogP contribution >= 0.6 is 0 Å². The number of nitrogens with zero attached hydrogens (tertiary/aromatic N) is 4. The highest BCUT2D eigenvalue weighted by Crippen LogP contribution is 2.32. The summed E-state index contributed by atoms with van der Waals surface area (Å²) >= 11 is 0. The van der Waals surface area contributed by atoms with Gasteiger partial charge in [0.1, 0.15) is 6.33 Å². The average molecular weight is 307 g/mol. The first kappa shape index (κ1) is 16.5. The number of hydrogen-bond donors (Lipinski definition) is 1. The van der Waals surface area contributed by atoms with E-state index >= 15 is 0 Å². The minimum absolute atomic E-state index is 0.00755. The quantitative estimate of drug-likeness (QED) is 0.641. The Balaban J connectivity index is 2.23. The second-order valence-electron chi connectivity index (χ2n) is 6.16. The minimum Gasteiger partial charge on any atom is -0.364 e. The van der Waals surface area contributed by atoms with Crippen LogP contribution < -0.4 is 10.2 Å². The van der Waals surface area contributed by atoms with Crippen molar-refractivity contribution >= 4 is 17.3 Å². The molecule has 1 N–H and O–H groups in total. The van der Waals surface area contributed by atoms with Gasteiger partial charge in [-0.05, 0) is 25.2 Å². The summed E-state index contributed by atoms with van der Waals surface area (Å²) < 4.78 is 0. The molecule has 7 nitrogen and oxygen atoms in total. The van der Waals surface area contributed by atoms with E-state index in [1.165, 1.54) is 19.2 Å². The molecule has 2 rings (SSSR count). The maximum absolute atomic E-state index is 11.5. The van der Waals surface area contributed by atoms with Gasteiger partial charge in [0.05, 0.1) is 4.92 Å². The lowest BCUT2D eigenvalue weighted by Gasteiger charge is -2.21. The lowest BCUT2D eigenvalue weighted by atomic mass is 10.1. The normalized spacial score (nSPS) is 15.7. The predicted octanol–water partition coefficient (Wildman–Crippen LogP) is 3.22. The molecule has 1 aliphatic rings. The zero-order valence-electron chi connectivity index (χ0n) is 13.4. The van der Waals surface area contributed by atoms with E-state index in [0.29, 0.717) is 24.1 Å². The van der Waals surface area contributed by atoms with Crippen molar-refractivity contribution in [2.75, 3.05) is 29.9 Å². The standard InChI is InChI=1S/C15H25N5O2/c1-12(2)7-8-16-14-13(20(21)22)15(18-11-17-14)19-9-5-3-4-6-10-19/h11-12H,3-10H2,1-2H3,(H,16,17,18). The van der Waals surface area contributed by atoms with E-state index in [1.54, 1.807) is 0 Å². The number of nitrogens with one attached hydrogen (secondary N) is 1. The highest BCUT2D eigenvalue weighted by atomic mass is 16.6. The number of nitro groups is 1. The lowest BCUT2D eigenvalue weighted by Crippen LogP contribution is -2.26. The zero-order valence-corrected chi connectivity index (χ0v) is 13.4. The van der Waals surface area contributed by atoms with Gasteiger partial charge in [-0.3, -0.25) is 10.1 Å². The van der Waals surface area contributed by atoms with Gasteiger partial charge in [0.2, 0.25) is 11.6 Å². The van der Waals surface area contributed by atoms with Gasteiger partial charge < -0.3 is 10.2 Å². The highest BCUT2D eigenvalue weighted by molar-refractivity contribution is 5.70.